The average molecular weight is 1020 g/mol. The standard InChI is InChI=1S/2C28H56O4S.Ca/c2*1-3-5-7-9-11-12-13-14-15-16-17-18-20-22-24-26-28(27-32-33(29,30)31)25-23-21-19-10-8-6-4-2;/h2*23,25,28H,3-22,24,26-27H2,1-2H3,(H,29,30,31);/q;;+2/p-2/b2*25-23+;. The molecular formula is C56H110CaO8S2. The predicted octanol–water partition coefficient (Wildman–Crippen LogP) is 18.1. The fourth-order valence-electron chi connectivity index (χ4n) is 8.68. The van der Waals surface area contributed by atoms with Crippen molar-refractivity contribution in [2.75, 3.05) is 13.2 Å². The molecule has 0 aromatic carbocycles. The minimum absolute atomic E-state index is 0. The second-order valence-corrected chi connectivity index (χ2v) is 21.7. The number of hydrogen-bond acceptors (Lipinski definition) is 8. The van der Waals surface area contributed by atoms with Crippen molar-refractivity contribution in [1.82, 2.24) is 0 Å². The zero-order valence-electron chi connectivity index (χ0n) is 44.8. The zero-order chi connectivity index (χ0) is 48.9. The predicted molar refractivity (Wildman–Crippen MR) is 288 cm³/mol. The molecule has 0 bridgehead atoms. The summed E-state index contributed by atoms with van der Waals surface area (Å²) in [6, 6.07) is 0. The maximum absolute atomic E-state index is 10.8. The molecule has 0 rings (SSSR count). The summed E-state index contributed by atoms with van der Waals surface area (Å²) in [5, 5.41) is 0. The van der Waals surface area contributed by atoms with Crippen LogP contribution in [-0.2, 0) is 29.2 Å². The van der Waals surface area contributed by atoms with Crippen LogP contribution in [0.25, 0.3) is 0 Å². The van der Waals surface area contributed by atoms with E-state index in [1.165, 1.54) is 244 Å². The van der Waals surface area contributed by atoms with Crippen molar-refractivity contribution in [2.45, 2.75) is 310 Å². The summed E-state index contributed by atoms with van der Waals surface area (Å²) < 4.78 is 74.0. The molecular weight excluding hydrogens is 905 g/mol. The molecule has 0 aromatic rings. The van der Waals surface area contributed by atoms with Crippen LogP contribution in [-0.4, -0.2) is 76.9 Å². The number of unbranched alkanes of at least 4 members (excludes halogenated alkanes) is 38. The summed E-state index contributed by atoms with van der Waals surface area (Å²) in [5.41, 5.74) is 0. The summed E-state index contributed by atoms with van der Waals surface area (Å²) in [7, 11) is -9.22. The Labute approximate surface area is 448 Å². The van der Waals surface area contributed by atoms with Crippen LogP contribution in [0.15, 0.2) is 24.3 Å². The van der Waals surface area contributed by atoms with E-state index >= 15 is 0 Å². The summed E-state index contributed by atoms with van der Waals surface area (Å²) >= 11 is 0. The molecule has 396 valence electrons. The van der Waals surface area contributed by atoms with Crippen molar-refractivity contribution < 1.29 is 34.3 Å². The normalized spacial score (nSPS) is 13.0. The van der Waals surface area contributed by atoms with Crippen LogP contribution in [0.2, 0.25) is 0 Å². The van der Waals surface area contributed by atoms with Crippen LogP contribution >= 0.6 is 0 Å². The molecule has 11 heteroatoms. The minimum atomic E-state index is -4.61. The van der Waals surface area contributed by atoms with Crippen molar-refractivity contribution in [3.63, 3.8) is 0 Å². The molecule has 2 atom stereocenters. The third-order valence-corrected chi connectivity index (χ3v) is 13.8. The maximum atomic E-state index is 10.8. The Morgan fingerprint density at radius 3 is 0.731 bits per heavy atom. The van der Waals surface area contributed by atoms with Gasteiger partial charge in [-0.3, -0.25) is 8.37 Å². The number of allylic oxidation sites excluding steroid dienone is 2. The van der Waals surface area contributed by atoms with Gasteiger partial charge in [-0.15, -0.1) is 0 Å². The van der Waals surface area contributed by atoms with E-state index in [1.54, 1.807) is 0 Å². The fourth-order valence-corrected chi connectivity index (χ4v) is 9.36. The smallest absolute Gasteiger partial charge is 0.726 e. The van der Waals surface area contributed by atoms with Gasteiger partial charge in [0.25, 0.3) is 0 Å². The van der Waals surface area contributed by atoms with Crippen LogP contribution < -0.4 is 0 Å². The van der Waals surface area contributed by atoms with Gasteiger partial charge in [0, 0.05) is 11.8 Å². The van der Waals surface area contributed by atoms with Gasteiger partial charge in [-0.05, 0) is 38.5 Å². The van der Waals surface area contributed by atoms with Crippen LogP contribution in [0, 0.1) is 11.8 Å². The molecule has 0 fully saturated rings. The molecule has 2 unspecified atom stereocenters. The van der Waals surface area contributed by atoms with Gasteiger partial charge in [-0.1, -0.05) is 296 Å². The number of hydrogen-bond donors (Lipinski definition) is 0. The first-order valence-corrected chi connectivity index (χ1v) is 31.2. The maximum Gasteiger partial charge on any atom is 2.00 e. The molecule has 0 aliphatic heterocycles. The van der Waals surface area contributed by atoms with Crippen molar-refractivity contribution >= 4 is 58.5 Å². The zero-order valence-corrected chi connectivity index (χ0v) is 48.6. The Bertz CT molecular complexity index is 1130. The van der Waals surface area contributed by atoms with E-state index in [1.807, 2.05) is 0 Å². The molecule has 0 spiro atoms. The SMILES string of the molecule is CCCCCCC/C=C/C(CCCCCCCCCCCCCCCCC)COS(=O)(=O)[O-].CCCCCCC/C=C/C(CCCCCCCCCCCCCCCCC)COS(=O)(=O)[O-].[Ca+2]. The number of rotatable bonds is 52. The average Bonchev–Trinajstić information content (AvgIpc) is 3.28. The van der Waals surface area contributed by atoms with E-state index in [2.05, 4.69) is 60.4 Å². The summed E-state index contributed by atoms with van der Waals surface area (Å²) in [6.45, 7) is 8.94. The van der Waals surface area contributed by atoms with E-state index < -0.39 is 20.8 Å². The molecule has 0 heterocycles. The molecule has 0 aromatic heterocycles. The summed E-state index contributed by atoms with van der Waals surface area (Å²) in [6.07, 6.45) is 64.7. The van der Waals surface area contributed by atoms with Crippen LogP contribution in [0.4, 0.5) is 0 Å². The van der Waals surface area contributed by atoms with Gasteiger partial charge in [0.2, 0.25) is 20.8 Å². The molecule has 0 radical (unpaired) electrons. The van der Waals surface area contributed by atoms with Gasteiger partial charge in [0.15, 0.2) is 0 Å². The molecule has 67 heavy (non-hydrogen) atoms. The first-order valence-electron chi connectivity index (χ1n) is 28.5. The molecule has 0 aliphatic rings. The Morgan fingerprint density at radius 1 is 0.328 bits per heavy atom. The summed E-state index contributed by atoms with van der Waals surface area (Å²) in [5.74, 6) is 0.0395. The topological polar surface area (TPSA) is 133 Å². The first kappa shape index (κ1) is 71.7. The van der Waals surface area contributed by atoms with Gasteiger partial charge < -0.3 is 9.11 Å². The molecule has 0 N–H and O–H groups in total. The van der Waals surface area contributed by atoms with Gasteiger partial charge in [-0.25, -0.2) is 16.8 Å². The Kier molecular flexibility index (Phi) is 61.4. The van der Waals surface area contributed by atoms with Crippen molar-refractivity contribution in [2.24, 2.45) is 11.8 Å². The molecule has 0 saturated carbocycles. The van der Waals surface area contributed by atoms with E-state index in [-0.39, 0.29) is 62.8 Å². The second kappa shape index (κ2) is 57.4. The van der Waals surface area contributed by atoms with Crippen LogP contribution in [0.5, 0.6) is 0 Å². The Morgan fingerprint density at radius 2 is 0.522 bits per heavy atom. The molecule has 0 amide bonds. The third-order valence-electron chi connectivity index (χ3n) is 13.0. The summed E-state index contributed by atoms with van der Waals surface area (Å²) in [4.78, 5) is 0. The van der Waals surface area contributed by atoms with E-state index in [4.69, 9.17) is 0 Å². The Balaban J connectivity index is -0.00000120. The largest absolute Gasteiger partial charge is 2.00 e. The van der Waals surface area contributed by atoms with E-state index in [0.717, 1.165) is 38.5 Å². The quantitative estimate of drug-likeness (QED) is 0.0193. The third kappa shape index (κ3) is 66.5. The minimum Gasteiger partial charge on any atom is -0.726 e. The molecule has 0 aliphatic carbocycles. The van der Waals surface area contributed by atoms with Crippen molar-refractivity contribution in [3.05, 3.63) is 24.3 Å². The van der Waals surface area contributed by atoms with Crippen LogP contribution in [0.1, 0.15) is 310 Å². The van der Waals surface area contributed by atoms with Crippen molar-refractivity contribution in [3.8, 4) is 0 Å². The Hall–Kier alpha value is 0.480. The van der Waals surface area contributed by atoms with Crippen molar-refractivity contribution in [1.29, 1.82) is 0 Å². The van der Waals surface area contributed by atoms with Gasteiger partial charge in [0.05, 0.1) is 13.2 Å². The monoisotopic (exact) mass is 1010 g/mol. The van der Waals surface area contributed by atoms with Gasteiger partial charge >= 0.3 is 37.7 Å². The first-order chi connectivity index (χ1) is 32.0. The van der Waals surface area contributed by atoms with E-state index in [9.17, 15) is 25.9 Å². The second-order valence-electron chi connectivity index (χ2n) is 19.6. The fraction of sp³-hybridized carbons (Fsp3) is 0.929. The van der Waals surface area contributed by atoms with Gasteiger partial charge in [-0.2, -0.15) is 0 Å². The van der Waals surface area contributed by atoms with Crippen LogP contribution in [0.3, 0.4) is 0 Å². The molecule has 0 saturated heterocycles. The molecule has 8 nitrogen and oxygen atoms in total. The van der Waals surface area contributed by atoms with Gasteiger partial charge in [0.1, 0.15) is 0 Å². The van der Waals surface area contributed by atoms with E-state index in [0.29, 0.717) is 0 Å².